The van der Waals surface area contributed by atoms with E-state index in [0.717, 1.165) is 5.56 Å². The van der Waals surface area contributed by atoms with Crippen LogP contribution in [0.5, 0.6) is 0 Å². The summed E-state index contributed by atoms with van der Waals surface area (Å²) >= 11 is 0. The molecule has 2 aromatic rings. The number of hydrogen-bond acceptors (Lipinski definition) is 6. The quantitative estimate of drug-likeness (QED) is 0.667. The van der Waals surface area contributed by atoms with E-state index in [4.69, 9.17) is 4.74 Å². The lowest BCUT2D eigenvalue weighted by atomic mass is 10.2. The van der Waals surface area contributed by atoms with Crippen LogP contribution < -0.4 is 5.32 Å². The number of sulfonamides is 1. The number of sulfone groups is 1. The fourth-order valence-electron chi connectivity index (χ4n) is 3.07. The molecule has 0 aromatic heterocycles. The highest BCUT2D eigenvalue weighted by atomic mass is 32.2. The second-order valence-corrected chi connectivity index (χ2v) is 11.9. The fourth-order valence-corrected chi connectivity index (χ4v) is 5.54. The zero-order valence-electron chi connectivity index (χ0n) is 17.4. The number of rotatable bonds is 7. The summed E-state index contributed by atoms with van der Waals surface area (Å²) in [5.41, 5.74) is 1.09. The van der Waals surface area contributed by atoms with Crippen molar-refractivity contribution in [1.29, 1.82) is 0 Å². The molecule has 1 N–H and O–H groups in total. The Morgan fingerprint density at radius 1 is 0.935 bits per heavy atom. The van der Waals surface area contributed by atoms with Gasteiger partial charge in [-0.2, -0.15) is 4.31 Å². The van der Waals surface area contributed by atoms with Crippen LogP contribution in [0.25, 0.3) is 0 Å². The summed E-state index contributed by atoms with van der Waals surface area (Å²) in [4.78, 5) is 12.7. The molecule has 10 heteroatoms. The van der Waals surface area contributed by atoms with Crippen LogP contribution in [-0.4, -0.2) is 58.6 Å². The van der Waals surface area contributed by atoms with Gasteiger partial charge in [0.05, 0.1) is 28.3 Å². The Balaban J connectivity index is 1.62. The first kappa shape index (κ1) is 23.4. The van der Waals surface area contributed by atoms with E-state index >= 15 is 0 Å². The van der Waals surface area contributed by atoms with Crippen LogP contribution in [0.3, 0.4) is 0 Å². The lowest BCUT2D eigenvalue weighted by Crippen LogP contribution is -2.40. The number of nitrogens with zero attached hydrogens (tertiary/aromatic N) is 1. The average Bonchev–Trinajstić information content (AvgIpc) is 2.78. The lowest BCUT2D eigenvalue weighted by Gasteiger charge is -2.26. The van der Waals surface area contributed by atoms with Crippen LogP contribution in [0.15, 0.2) is 58.3 Å². The molecular formula is C21H26N2O6S2. The predicted octanol–water partition coefficient (Wildman–Crippen LogP) is 1.82. The van der Waals surface area contributed by atoms with Gasteiger partial charge in [0.1, 0.15) is 0 Å². The molecule has 8 nitrogen and oxygen atoms in total. The molecule has 3 rings (SSSR count). The minimum atomic E-state index is -3.56. The maximum Gasteiger partial charge on any atom is 0.251 e. The van der Waals surface area contributed by atoms with E-state index in [9.17, 15) is 21.6 Å². The number of nitrogens with one attached hydrogen (secondary N) is 1. The molecule has 0 spiro atoms. The summed E-state index contributed by atoms with van der Waals surface area (Å²) in [5, 5.41) is 2.21. The van der Waals surface area contributed by atoms with E-state index in [2.05, 4.69) is 5.32 Å². The third kappa shape index (κ3) is 5.32. The molecule has 0 saturated carbocycles. The molecule has 1 aliphatic heterocycles. The molecule has 0 atom stereocenters. The van der Waals surface area contributed by atoms with Crippen LogP contribution in [0.2, 0.25) is 0 Å². The van der Waals surface area contributed by atoms with Gasteiger partial charge in [0.2, 0.25) is 10.0 Å². The van der Waals surface area contributed by atoms with Crippen LogP contribution >= 0.6 is 0 Å². The predicted molar refractivity (Wildman–Crippen MR) is 116 cm³/mol. The smallest absolute Gasteiger partial charge is 0.251 e. The zero-order chi connectivity index (χ0) is 22.6. The second kappa shape index (κ2) is 9.47. The minimum Gasteiger partial charge on any atom is -0.379 e. The summed E-state index contributed by atoms with van der Waals surface area (Å²) < 4.78 is 56.2. The summed E-state index contributed by atoms with van der Waals surface area (Å²) in [6, 6.07) is 12.2. The van der Waals surface area contributed by atoms with Gasteiger partial charge in [0.15, 0.2) is 9.84 Å². The maximum atomic E-state index is 12.6. The topological polar surface area (TPSA) is 110 Å². The van der Waals surface area contributed by atoms with E-state index in [0.29, 0.717) is 31.9 Å². The largest absolute Gasteiger partial charge is 0.379 e. The van der Waals surface area contributed by atoms with Gasteiger partial charge < -0.3 is 10.1 Å². The van der Waals surface area contributed by atoms with Crippen LogP contribution in [0.1, 0.15) is 29.8 Å². The summed E-state index contributed by atoms with van der Waals surface area (Å²) in [7, 11) is -6.95. The van der Waals surface area contributed by atoms with E-state index in [-0.39, 0.29) is 22.2 Å². The highest BCUT2D eigenvalue weighted by molar-refractivity contribution is 7.92. The maximum absolute atomic E-state index is 12.6. The summed E-state index contributed by atoms with van der Waals surface area (Å²) in [6.45, 7) is 4.85. The molecule has 1 heterocycles. The number of carbonyl (C=O) groups excluding carboxylic acids is 1. The Labute approximate surface area is 183 Å². The summed E-state index contributed by atoms with van der Waals surface area (Å²) in [6.07, 6.45) is 0. The first-order valence-corrected chi connectivity index (χ1v) is 12.9. The van der Waals surface area contributed by atoms with E-state index in [1.54, 1.807) is 26.0 Å². The Hall–Kier alpha value is -2.27. The van der Waals surface area contributed by atoms with Gasteiger partial charge in [-0.3, -0.25) is 4.79 Å². The van der Waals surface area contributed by atoms with Crippen molar-refractivity contribution >= 4 is 25.8 Å². The highest BCUT2D eigenvalue weighted by Gasteiger charge is 2.26. The van der Waals surface area contributed by atoms with Crippen molar-refractivity contribution in [3.8, 4) is 0 Å². The third-order valence-corrected chi connectivity index (χ3v) is 9.13. The molecule has 1 saturated heterocycles. The standard InChI is InChI=1S/C21H26N2O6S2/c1-16(2)30(25,26)19-9-5-18(6-10-19)21(24)22-15-17-3-7-20(8-4-17)31(27,28)23-11-13-29-14-12-23/h3-10,16H,11-15H2,1-2H3,(H,22,24). The van der Waals surface area contributed by atoms with Gasteiger partial charge in [-0.15, -0.1) is 0 Å². The molecule has 0 radical (unpaired) electrons. The third-order valence-electron chi connectivity index (χ3n) is 5.05. The van der Waals surface area contributed by atoms with Crippen molar-refractivity contribution in [3.05, 3.63) is 59.7 Å². The number of benzene rings is 2. The molecule has 2 aromatic carbocycles. The van der Waals surface area contributed by atoms with Crippen molar-refractivity contribution < 1.29 is 26.4 Å². The minimum absolute atomic E-state index is 0.177. The molecule has 1 amide bonds. The van der Waals surface area contributed by atoms with Crippen molar-refractivity contribution in [2.24, 2.45) is 0 Å². The first-order valence-electron chi connectivity index (χ1n) is 9.91. The number of hydrogen-bond donors (Lipinski definition) is 1. The van der Waals surface area contributed by atoms with Crippen molar-refractivity contribution in [2.45, 2.75) is 35.4 Å². The molecule has 1 fully saturated rings. The van der Waals surface area contributed by atoms with E-state index in [1.807, 2.05) is 0 Å². The van der Waals surface area contributed by atoms with Gasteiger partial charge in [-0.05, 0) is 55.8 Å². The molecule has 168 valence electrons. The van der Waals surface area contributed by atoms with Gasteiger partial charge in [0, 0.05) is 25.2 Å². The van der Waals surface area contributed by atoms with E-state index in [1.165, 1.54) is 40.7 Å². The first-order chi connectivity index (χ1) is 14.6. The Morgan fingerprint density at radius 2 is 1.48 bits per heavy atom. The van der Waals surface area contributed by atoms with Gasteiger partial charge in [-0.1, -0.05) is 12.1 Å². The van der Waals surface area contributed by atoms with E-state index < -0.39 is 25.1 Å². The van der Waals surface area contributed by atoms with Crippen molar-refractivity contribution in [1.82, 2.24) is 9.62 Å². The monoisotopic (exact) mass is 466 g/mol. The van der Waals surface area contributed by atoms with Crippen molar-refractivity contribution in [2.75, 3.05) is 26.3 Å². The van der Waals surface area contributed by atoms with Gasteiger partial charge in [-0.25, -0.2) is 16.8 Å². The second-order valence-electron chi connectivity index (χ2n) is 7.46. The highest BCUT2D eigenvalue weighted by Crippen LogP contribution is 2.18. The SMILES string of the molecule is CC(C)S(=O)(=O)c1ccc(C(=O)NCc2ccc(S(=O)(=O)N3CCOCC3)cc2)cc1. The van der Waals surface area contributed by atoms with Crippen LogP contribution in [-0.2, 0) is 31.1 Å². The Bertz CT molecular complexity index is 1120. The normalized spacial score (nSPS) is 15.7. The number of carbonyl (C=O) groups is 1. The van der Waals surface area contributed by atoms with Crippen molar-refractivity contribution in [3.63, 3.8) is 0 Å². The van der Waals surface area contributed by atoms with Gasteiger partial charge >= 0.3 is 0 Å². The van der Waals surface area contributed by atoms with Gasteiger partial charge in [0.25, 0.3) is 5.91 Å². The van der Waals surface area contributed by atoms with Crippen LogP contribution in [0, 0.1) is 0 Å². The molecule has 1 aliphatic rings. The lowest BCUT2D eigenvalue weighted by molar-refractivity contribution is 0.0730. The molecule has 0 aliphatic carbocycles. The number of morpholine rings is 1. The molecular weight excluding hydrogens is 440 g/mol. The summed E-state index contributed by atoms with van der Waals surface area (Å²) in [5.74, 6) is -0.349. The molecule has 0 unspecified atom stereocenters. The average molecular weight is 467 g/mol. The Kier molecular flexibility index (Phi) is 7.15. The number of amides is 1. The number of ether oxygens (including phenoxy) is 1. The fraction of sp³-hybridized carbons (Fsp3) is 0.381. The Morgan fingerprint density at radius 3 is 2.03 bits per heavy atom. The molecule has 0 bridgehead atoms. The molecule has 31 heavy (non-hydrogen) atoms. The van der Waals surface area contributed by atoms with Crippen LogP contribution in [0.4, 0.5) is 0 Å². The zero-order valence-corrected chi connectivity index (χ0v) is 19.1.